The summed E-state index contributed by atoms with van der Waals surface area (Å²) in [6.07, 6.45) is -0.570. The predicted molar refractivity (Wildman–Crippen MR) is 111 cm³/mol. The first-order valence-corrected chi connectivity index (χ1v) is 9.63. The average molecular weight is 383 g/mol. The van der Waals surface area contributed by atoms with Gasteiger partial charge in [-0.2, -0.15) is 0 Å². The minimum absolute atomic E-state index is 0.570. The van der Waals surface area contributed by atoms with Gasteiger partial charge in [-0.15, -0.1) is 0 Å². The van der Waals surface area contributed by atoms with Crippen LogP contribution in [0, 0.1) is 6.92 Å². The number of benzene rings is 2. The number of aliphatic hydroxyl groups is 1. The number of fused-ring (bicyclic) bond motifs is 1. The molecule has 27 heavy (non-hydrogen) atoms. The SMILES string of the molecule is Cc1cc2nc(N3CCOCC3)ccc2c(-c2ccc(Cl)cc2)c1C(C)O. The number of aliphatic hydroxyl groups excluding tert-OH is 1. The molecule has 1 aliphatic heterocycles. The first kappa shape index (κ1) is 18.2. The number of pyridine rings is 1. The van der Waals surface area contributed by atoms with Gasteiger partial charge < -0.3 is 14.7 Å². The molecule has 1 aromatic heterocycles. The van der Waals surface area contributed by atoms with Crippen molar-refractivity contribution < 1.29 is 9.84 Å². The predicted octanol–water partition coefficient (Wildman–Crippen LogP) is 4.75. The topological polar surface area (TPSA) is 45.6 Å². The van der Waals surface area contributed by atoms with Crippen molar-refractivity contribution in [1.29, 1.82) is 0 Å². The number of nitrogens with zero attached hydrogens (tertiary/aromatic N) is 2. The van der Waals surface area contributed by atoms with E-state index in [0.29, 0.717) is 5.02 Å². The van der Waals surface area contributed by atoms with Crippen LogP contribution in [0.2, 0.25) is 5.02 Å². The van der Waals surface area contributed by atoms with Gasteiger partial charge in [-0.05, 0) is 66.4 Å². The molecule has 140 valence electrons. The third-order valence-corrected chi connectivity index (χ3v) is 5.36. The molecular weight excluding hydrogens is 360 g/mol. The van der Waals surface area contributed by atoms with E-state index < -0.39 is 6.10 Å². The second-order valence-corrected chi connectivity index (χ2v) is 7.44. The number of anilines is 1. The van der Waals surface area contributed by atoms with Crippen molar-refractivity contribution in [1.82, 2.24) is 4.98 Å². The lowest BCUT2D eigenvalue weighted by Gasteiger charge is -2.28. The number of aromatic nitrogens is 1. The fraction of sp³-hybridized carbons (Fsp3) is 0.318. The molecule has 2 aromatic carbocycles. The van der Waals surface area contributed by atoms with Gasteiger partial charge in [-0.3, -0.25) is 0 Å². The molecule has 0 radical (unpaired) electrons. The van der Waals surface area contributed by atoms with Crippen LogP contribution in [0.4, 0.5) is 5.82 Å². The van der Waals surface area contributed by atoms with Gasteiger partial charge in [0.2, 0.25) is 0 Å². The smallest absolute Gasteiger partial charge is 0.129 e. The van der Waals surface area contributed by atoms with Gasteiger partial charge in [-0.1, -0.05) is 23.7 Å². The molecule has 0 bridgehead atoms. The lowest BCUT2D eigenvalue weighted by molar-refractivity contribution is 0.122. The van der Waals surface area contributed by atoms with Crippen LogP contribution in [0.1, 0.15) is 24.2 Å². The van der Waals surface area contributed by atoms with Crippen LogP contribution in [0.15, 0.2) is 42.5 Å². The maximum atomic E-state index is 10.5. The first-order chi connectivity index (χ1) is 13.0. The van der Waals surface area contributed by atoms with Crippen molar-refractivity contribution in [2.45, 2.75) is 20.0 Å². The van der Waals surface area contributed by atoms with Gasteiger partial charge in [-0.25, -0.2) is 4.98 Å². The molecule has 2 heterocycles. The van der Waals surface area contributed by atoms with Crippen LogP contribution in [0.5, 0.6) is 0 Å². The molecule has 1 atom stereocenters. The normalized spacial score (nSPS) is 15.9. The summed E-state index contributed by atoms with van der Waals surface area (Å²) in [6.45, 7) is 7.01. The maximum Gasteiger partial charge on any atom is 0.129 e. The fourth-order valence-electron chi connectivity index (χ4n) is 3.85. The maximum absolute atomic E-state index is 10.5. The van der Waals surface area contributed by atoms with Crippen LogP contribution < -0.4 is 4.90 Å². The highest BCUT2D eigenvalue weighted by molar-refractivity contribution is 6.30. The molecule has 0 saturated carbocycles. The largest absolute Gasteiger partial charge is 0.389 e. The van der Waals surface area contributed by atoms with Gasteiger partial charge in [0.05, 0.1) is 24.8 Å². The number of hydrogen-bond donors (Lipinski definition) is 1. The van der Waals surface area contributed by atoms with Crippen molar-refractivity contribution in [3.8, 4) is 11.1 Å². The minimum Gasteiger partial charge on any atom is -0.389 e. The van der Waals surface area contributed by atoms with Crippen LogP contribution in [0.3, 0.4) is 0 Å². The van der Waals surface area contributed by atoms with Crippen LogP contribution >= 0.6 is 11.6 Å². The molecular formula is C22H23ClN2O2. The zero-order valence-corrected chi connectivity index (χ0v) is 16.3. The Morgan fingerprint density at radius 3 is 2.48 bits per heavy atom. The molecule has 4 rings (SSSR count). The molecule has 4 nitrogen and oxygen atoms in total. The highest BCUT2D eigenvalue weighted by Crippen LogP contribution is 2.38. The summed E-state index contributed by atoms with van der Waals surface area (Å²) in [6, 6.07) is 14.0. The lowest BCUT2D eigenvalue weighted by Crippen LogP contribution is -2.36. The van der Waals surface area contributed by atoms with Gasteiger partial charge in [0.1, 0.15) is 5.82 Å². The number of hydrogen-bond acceptors (Lipinski definition) is 4. The molecule has 1 unspecified atom stereocenters. The van der Waals surface area contributed by atoms with Gasteiger partial charge in [0.15, 0.2) is 0 Å². The highest BCUT2D eigenvalue weighted by atomic mass is 35.5. The van der Waals surface area contributed by atoms with Crippen molar-refractivity contribution in [2.75, 3.05) is 31.2 Å². The minimum atomic E-state index is -0.570. The summed E-state index contributed by atoms with van der Waals surface area (Å²) in [5.41, 5.74) is 4.97. The highest BCUT2D eigenvalue weighted by Gasteiger charge is 2.19. The number of rotatable bonds is 3. The Labute approximate surface area is 164 Å². The third-order valence-electron chi connectivity index (χ3n) is 5.11. The fourth-order valence-corrected chi connectivity index (χ4v) is 3.97. The number of ether oxygens (including phenoxy) is 1. The number of halogens is 1. The molecule has 1 N–H and O–H groups in total. The monoisotopic (exact) mass is 382 g/mol. The van der Waals surface area contributed by atoms with Gasteiger partial charge in [0.25, 0.3) is 0 Å². The van der Waals surface area contributed by atoms with Crippen LogP contribution in [0.25, 0.3) is 22.0 Å². The van der Waals surface area contributed by atoms with Crippen molar-refractivity contribution in [2.24, 2.45) is 0 Å². The molecule has 1 saturated heterocycles. The Hall–Kier alpha value is -2.14. The molecule has 0 amide bonds. The van der Waals surface area contributed by atoms with E-state index in [1.807, 2.05) is 38.1 Å². The van der Waals surface area contributed by atoms with Crippen LogP contribution in [-0.2, 0) is 4.74 Å². The van der Waals surface area contributed by atoms with E-state index in [2.05, 4.69) is 23.1 Å². The summed E-state index contributed by atoms with van der Waals surface area (Å²) < 4.78 is 5.45. The zero-order valence-electron chi connectivity index (χ0n) is 15.6. The van der Waals surface area contributed by atoms with Crippen LogP contribution in [-0.4, -0.2) is 36.4 Å². The first-order valence-electron chi connectivity index (χ1n) is 9.25. The van der Waals surface area contributed by atoms with E-state index >= 15 is 0 Å². The standard InChI is InChI=1S/C22H23ClN2O2/c1-14-13-19-18(7-8-20(24-19)25-9-11-27-12-10-25)22(21(14)15(2)26)16-3-5-17(23)6-4-16/h3-8,13,15,26H,9-12H2,1-2H3. The molecule has 0 spiro atoms. The number of aryl methyl sites for hydroxylation is 1. The second kappa shape index (κ2) is 7.47. The molecule has 5 heteroatoms. The molecule has 1 fully saturated rings. The number of morpholine rings is 1. The Morgan fingerprint density at radius 1 is 1.11 bits per heavy atom. The second-order valence-electron chi connectivity index (χ2n) is 7.00. The van der Waals surface area contributed by atoms with Crippen molar-refractivity contribution in [3.05, 3.63) is 58.6 Å². The summed E-state index contributed by atoms with van der Waals surface area (Å²) >= 11 is 6.08. The summed E-state index contributed by atoms with van der Waals surface area (Å²) in [5.74, 6) is 0.969. The van der Waals surface area contributed by atoms with Crippen molar-refractivity contribution >= 4 is 28.3 Å². The Kier molecular flexibility index (Phi) is 5.04. The van der Waals surface area contributed by atoms with E-state index in [9.17, 15) is 5.11 Å². The van der Waals surface area contributed by atoms with E-state index in [0.717, 1.165) is 65.3 Å². The van der Waals surface area contributed by atoms with E-state index in [-0.39, 0.29) is 0 Å². The average Bonchev–Trinajstić information content (AvgIpc) is 2.67. The zero-order chi connectivity index (χ0) is 19.0. The molecule has 0 aliphatic carbocycles. The summed E-state index contributed by atoms with van der Waals surface area (Å²) in [4.78, 5) is 7.18. The third kappa shape index (κ3) is 3.53. The Balaban J connectivity index is 1.92. The van der Waals surface area contributed by atoms with Gasteiger partial charge in [0, 0.05) is 23.5 Å². The van der Waals surface area contributed by atoms with E-state index in [1.165, 1.54) is 0 Å². The molecule has 3 aromatic rings. The van der Waals surface area contributed by atoms with Gasteiger partial charge >= 0.3 is 0 Å². The Bertz CT molecular complexity index is 964. The van der Waals surface area contributed by atoms with E-state index in [4.69, 9.17) is 21.3 Å². The molecule has 1 aliphatic rings. The van der Waals surface area contributed by atoms with Crippen molar-refractivity contribution in [3.63, 3.8) is 0 Å². The summed E-state index contributed by atoms with van der Waals surface area (Å²) in [5, 5.41) is 12.2. The quantitative estimate of drug-likeness (QED) is 0.709. The van der Waals surface area contributed by atoms with E-state index in [1.54, 1.807) is 0 Å². The lowest BCUT2D eigenvalue weighted by atomic mass is 9.89. The Morgan fingerprint density at radius 2 is 1.81 bits per heavy atom. The summed E-state index contributed by atoms with van der Waals surface area (Å²) in [7, 11) is 0.